The van der Waals surface area contributed by atoms with E-state index in [1.807, 2.05) is 18.2 Å². The average Bonchev–Trinajstić information content (AvgIpc) is 2.91. The smallest absolute Gasteiger partial charge is 0.345 e. The molecule has 1 amide bonds. The number of carboxylic acids is 1. The van der Waals surface area contributed by atoms with Crippen LogP contribution in [0, 0.1) is 0 Å². The summed E-state index contributed by atoms with van der Waals surface area (Å²) in [6, 6.07) is 10.6. The van der Waals surface area contributed by atoms with Crippen LogP contribution in [0.25, 0.3) is 0 Å². The fourth-order valence-electron chi connectivity index (χ4n) is 2.06. The van der Waals surface area contributed by atoms with Crippen molar-refractivity contribution in [3.05, 3.63) is 46.8 Å². The average molecular weight is 305 g/mol. The lowest BCUT2D eigenvalue weighted by molar-refractivity contribution is 0.0701. The number of anilines is 1. The van der Waals surface area contributed by atoms with Gasteiger partial charge in [-0.3, -0.25) is 4.79 Å². The van der Waals surface area contributed by atoms with Crippen molar-refractivity contribution in [2.75, 3.05) is 17.2 Å². The molecule has 1 aliphatic heterocycles. The molecule has 0 spiro atoms. The van der Waals surface area contributed by atoms with E-state index in [4.69, 9.17) is 5.11 Å². The third kappa shape index (κ3) is 2.32. The zero-order chi connectivity index (χ0) is 14.1. The molecule has 4 nitrogen and oxygen atoms in total. The van der Waals surface area contributed by atoms with Crippen LogP contribution in [0.1, 0.15) is 20.0 Å². The number of rotatable bonds is 2. The first-order valence-corrected chi connectivity index (χ1v) is 7.84. The van der Waals surface area contributed by atoms with Crippen molar-refractivity contribution >= 4 is 40.7 Å². The number of fused-ring (bicyclic) bond motifs is 1. The highest BCUT2D eigenvalue weighted by atomic mass is 32.2. The maximum absolute atomic E-state index is 12.5. The second-order valence-electron chi connectivity index (χ2n) is 4.26. The Morgan fingerprint density at radius 2 is 1.95 bits per heavy atom. The summed E-state index contributed by atoms with van der Waals surface area (Å²) in [5, 5.41) is 9.07. The molecule has 0 radical (unpaired) electrons. The fraction of sp³-hybridized carbons (Fsp3) is 0.143. The molecule has 0 fully saturated rings. The van der Waals surface area contributed by atoms with Crippen LogP contribution < -0.4 is 4.90 Å². The van der Waals surface area contributed by atoms with Crippen LogP contribution >= 0.6 is 23.1 Å². The first-order valence-electron chi connectivity index (χ1n) is 6.03. The number of carbonyl (C=O) groups is 2. The lowest BCUT2D eigenvalue weighted by atomic mass is 10.2. The molecule has 1 aliphatic rings. The lowest BCUT2D eigenvalue weighted by Crippen LogP contribution is -2.34. The number of benzene rings is 1. The number of thioether (sulfide) groups is 1. The number of carboxylic acid groups (broad SMARTS) is 1. The number of aromatic carboxylic acids is 1. The Kier molecular flexibility index (Phi) is 3.50. The van der Waals surface area contributed by atoms with E-state index in [1.165, 1.54) is 11.3 Å². The molecule has 3 rings (SSSR count). The minimum atomic E-state index is -0.947. The van der Waals surface area contributed by atoms with Crippen LogP contribution in [0.4, 0.5) is 5.69 Å². The van der Waals surface area contributed by atoms with Gasteiger partial charge < -0.3 is 10.0 Å². The molecule has 102 valence electrons. The van der Waals surface area contributed by atoms with Crippen molar-refractivity contribution in [1.82, 2.24) is 0 Å². The molecule has 2 heterocycles. The number of thiophene rings is 1. The molecule has 2 aromatic rings. The Morgan fingerprint density at radius 3 is 2.65 bits per heavy atom. The summed E-state index contributed by atoms with van der Waals surface area (Å²) in [4.78, 5) is 25.5. The second kappa shape index (κ2) is 5.30. The van der Waals surface area contributed by atoms with E-state index < -0.39 is 5.97 Å². The van der Waals surface area contributed by atoms with Crippen molar-refractivity contribution in [2.24, 2.45) is 0 Å². The maximum atomic E-state index is 12.5. The molecule has 0 atom stereocenters. The van der Waals surface area contributed by atoms with Gasteiger partial charge in [-0.1, -0.05) is 18.2 Å². The standard InChI is InChI=1S/C14H11NO3S2/c16-12(9-4-2-1-3-5-9)15-6-7-19-14-10(15)8-11(20-14)13(17)18/h1-5,8H,6-7H2,(H,17,18). The van der Waals surface area contributed by atoms with E-state index in [0.29, 0.717) is 12.1 Å². The highest BCUT2D eigenvalue weighted by molar-refractivity contribution is 8.01. The van der Waals surface area contributed by atoms with Gasteiger partial charge in [0, 0.05) is 17.9 Å². The van der Waals surface area contributed by atoms with Gasteiger partial charge in [0.15, 0.2) is 0 Å². The Balaban J connectivity index is 1.97. The molecule has 0 unspecified atom stereocenters. The van der Waals surface area contributed by atoms with Crippen LogP contribution in [0.5, 0.6) is 0 Å². The summed E-state index contributed by atoms with van der Waals surface area (Å²) >= 11 is 2.83. The summed E-state index contributed by atoms with van der Waals surface area (Å²) in [6.45, 7) is 0.598. The van der Waals surface area contributed by atoms with Gasteiger partial charge in [0.2, 0.25) is 0 Å². The predicted molar refractivity (Wildman–Crippen MR) is 80.1 cm³/mol. The van der Waals surface area contributed by atoms with Gasteiger partial charge in [-0.15, -0.1) is 23.1 Å². The molecule has 6 heteroatoms. The van der Waals surface area contributed by atoms with E-state index in [0.717, 1.165) is 15.6 Å². The van der Waals surface area contributed by atoms with E-state index in [-0.39, 0.29) is 10.8 Å². The summed E-state index contributed by atoms with van der Waals surface area (Å²) in [5.74, 6) is -0.246. The van der Waals surface area contributed by atoms with Crippen LogP contribution in [-0.4, -0.2) is 29.3 Å². The van der Waals surface area contributed by atoms with Gasteiger partial charge in [-0.25, -0.2) is 4.79 Å². The van der Waals surface area contributed by atoms with Crippen LogP contribution in [0.15, 0.2) is 40.6 Å². The quantitative estimate of drug-likeness (QED) is 0.925. The number of carbonyl (C=O) groups excluding carboxylic acids is 1. The molecular formula is C14H11NO3S2. The molecule has 0 saturated heterocycles. The van der Waals surface area contributed by atoms with E-state index in [9.17, 15) is 9.59 Å². The maximum Gasteiger partial charge on any atom is 0.345 e. The monoisotopic (exact) mass is 305 g/mol. The summed E-state index contributed by atoms with van der Waals surface area (Å²) in [6.07, 6.45) is 0. The Labute approximate surface area is 124 Å². The predicted octanol–water partition coefficient (Wildman–Crippen LogP) is 3.20. The second-order valence-corrected chi connectivity index (χ2v) is 6.68. The van der Waals surface area contributed by atoms with Gasteiger partial charge in [0.25, 0.3) is 5.91 Å². The highest BCUT2D eigenvalue weighted by Crippen LogP contribution is 2.42. The molecular weight excluding hydrogens is 294 g/mol. The van der Waals surface area contributed by atoms with E-state index in [2.05, 4.69) is 0 Å². The minimum absolute atomic E-state index is 0.0816. The lowest BCUT2D eigenvalue weighted by Gasteiger charge is -2.26. The Morgan fingerprint density at radius 1 is 1.20 bits per heavy atom. The molecule has 0 aliphatic carbocycles. The molecule has 1 aromatic heterocycles. The van der Waals surface area contributed by atoms with Crippen molar-refractivity contribution in [2.45, 2.75) is 4.21 Å². The van der Waals surface area contributed by atoms with Crippen LogP contribution in [0.3, 0.4) is 0 Å². The van der Waals surface area contributed by atoms with Crippen molar-refractivity contribution in [3.63, 3.8) is 0 Å². The fourth-order valence-corrected chi connectivity index (χ4v) is 4.32. The Hall–Kier alpha value is -1.79. The van der Waals surface area contributed by atoms with Gasteiger partial charge >= 0.3 is 5.97 Å². The molecule has 0 saturated carbocycles. The number of hydrogen-bond acceptors (Lipinski definition) is 4. The van der Waals surface area contributed by atoms with Crippen molar-refractivity contribution < 1.29 is 14.7 Å². The molecule has 20 heavy (non-hydrogen) atoms. The van der Waals surface area contributed by atoms with Crippen molar-refractivity contribution in [3.8, 4) is 0 Å². The first kappa shape index (κ1) is 13.2. The van der Waals surface area contributed by atoms with Crippen molar-refractivity contribution in [1.29, 1.82) is 0 Å². The third-order valence-electron chi connectivity index (χ3n) is 3.00. The van der Waals surface area contributed by atoms with Crippen LogP contribution in [-0.2, 0) is 0 Å². The number of nitrogens with zero attached hydrogens (tertiary/aromatic N) is 1. The topological polar surface area (TPSA) is 57.6 Å². The zero-order valence-electron chi connectivity index (χ0n) is 10.4. The summed E-state index contributed by atoms with van der Waals surface area (Å²) in [5.41, 5.74) is 1.34. The largest absolute Gasteiger partial charge is 0.477 e. The summed E-state index contributed by atoms with van der Waals surface area (Å²) in [7, 11) is 0. The van der Waals surface area contributed by atoms with Crippen LogP contribution in [0.2, 0.25) is 0 Å². The van der Waals surface area contributed by atoms with E-state index in [1.54, 1.807) is 34.9 Å². The summed E-state index contributed by atoms with van der Waals surface area (Å²) < 4.78 is 0.901. The Bertz CT molecular complexity index is 666. The molecule has 1 aromatic carbocycles. The van der Waals surface area contributed by atoms with Gasteiger partial charge in [0.1, 0.15) is 4.88 Å². The number of amides is 1. The molecule has 1 N–H and O–H groups in total. The first-order chi connectivity index (χ1) is 9.66. The highest BCUT2D eigenvalue weighted by Gasteiger charge is 2.27. The molecule has 0 bridgehead atoms. The number of hydrogen-bond donors (Lipinski definition) is 1. The van der Waals surface area contributed by atoms with Gasteiger partial charge in [-0.2, -0.15) is 0 Å². The minimum Gasteiger partial charge on any atom is -0.477 e. The SMILES string of the molecule is O=C(O)c1cc2c(s1)SCCN2C(=O)c1ccccc1. The van der Waals surface area contributed by atoms with Gasteiger partial charge in [-0.05, 0) is 18.2 Å². The van der Waals surface area contributed by atoms with Gasteiger partial charge in [0.05, 0.1) is 9.90 Å². The third-order valence-corrected chi connectivity index (χ3v) is 5.36. The normalized spacial score (nSPS) is 13.9. The van der Waals surface area contributed by atoms with E-state index >= 15 is 0 Å². The zero-order valence-corrected chi connectivity index (χ0v) is 12.0.